The quantitative estimate of drug-likeness (QED) is 0.253. The summed E-state index contributed by atoms with van der Waals surface area (Å²) in [5.74, 6) is 0.996. The lowest BCUT2D eigenvalue weighted by molar-refractivity contribution is -0.128. The first-order chi connectivity index (χ1) is 13.6. The molecule has 1 heterocycles. The Labute approximate surface area is 162 Å². The van der Waals surface area contributed by atoms with Crippen molar-refractivity contribution in [2.75, 3.05) is 0 Å². The number of nitrogens with zero attached hydrogens (tertiary/aromatic N) is 2. The van der Waals surface area contributed by atoms with Crippen LogP contribution in [-0.2, 0) is 4.79 Å². The monoisotopic (exact) mass is 366 g/mol. The van der Waals surface area contributed by atoms with Crippen molar-refractivity contribution in [2.24, 2.45) is 0 Å². The minimum Gasteiger partial charge on any atom is -0.457 e. The number of para-hydroxylation sites is 1. The van der Waals surface area contributed by atoms with Gasteiger partial charge in [-0.1, -0.05) is 43.0 Å². The van der Waals surface area contributed by atoms with Gasteiger partial charge in [0.15, 0.2) is 0 Å². The van der Waals surface area contributed by atoms with E-state index in [4.69, 9.17) is 16.0 Å². The molecule has 0 atom stereocenters. The summed E-state index contributed by atoms with van der Waals surface area (Å²) in [6.07, 6.45) is 6.35. The average molecular weight is 366 g/mol. The van der Waals surface area contributed by atoms with Crippen LogP contribution in [0.4, 0.5) is 0 Å². The number of esters is 1. The first-order valence-corrected chi connectivity index (χ1v) is 8.28. The fourth-order valence-electron chi connectivity index (χ4n) is 2.56. The van der Waals surface area contributed by atoms with E-state index in [9.17, 15) is 10.1 Å². The molecule has 0 unspecified atom stereocenters. The van der Waals surface area contributed by atoms with Gasteiger partial charge in [-0.3, -0.25) is 0 Å². The summed E-state index contributed by atoms with van der Waals surface area (Å²) in [6, 6.07) is 16.1. The predicted molar refractivity (Wildman–Crippen MR) is 106 cm³/mol. The van der Waals surface area contributed by atoms with E-state index in [2.05, 4.69) is 11.4 Å². The Kier molecular flexibility index (Phi) is 5.50. The second-order valence-electron chi connectivity index (χ2n) is 5.66. The summed E-state index contributed by atoms with van der Waals surface area (Å²) in [6.45, 7) is 10.6. The smallest absolute Gasteiger partial charge is 0.335 e. The number of benzene rings is 2. The number of ether oxygens (including phenoxy) is 2. The van der Waals surface area contributed by atoms with Crippen molar-refractivity contribution >= 4 is 17.6 Å². The van der Waals surface area contributed by atoms with Gasteiger partial charge in [-0.15, -0.1) is 0 Å². The number of nitriles is 1. The van der Waals surface area contributed by atoms with Gasteiger partial charge in [0.2, 0.25) is 0 Å². The number of hydrogen-bond donors (Lipinski definition) is 0. The van der Waals surface area contributed by atoms with Crippen LogP contribution in [0.15, 0.2) is 84.8 Å². The van der Waals surface area contributed by atoms with Crippen molar-refractivity contribution in [2.45, 2.75) is 0 Å². The van der Waals surface area contributed by atoms with E-state index < -0.39 is 5.97 Å². The summed E-state index contributed by atoms with van der Waals surface area (Å²) in [5.41, 5.74) is 2.11. The molecule has 0 spiro atoms. The molecule has 3 rings (SSSR count). The van der Waals surface area contributed by atoms with E-state index in [-0.39, 0.29) is 5.70 Å². The first-order valence-electron chi connectivity index (χ1n) is 8.28. The maximum Gasteiger partial charge on any atom is 0.335 e. The van der Waals surface area contributed by atoms with Crippen LogP contribution < -0.4 is 9.47 Å². The summed E-state index contributed by atoms with van der Waals surface area (Å²) < 4.78 is 10.9. The summed E-state index contributed by atoms with van der Waals surface area (Å²) in [5, 5.41) is 9.25. The zero-order chi connectivity index (χ0) is 19.9. The van der Waals surface area contributed by atoms with Crippen LogP contribution in [0.5, 0.6) is 11.5 Å². The van der Waals surface area contributed by atoms with Crippen molar-refractivity contribution in [3.05, 3.63) is 107 Å². The zero-order valence-corrected chi connectivity index (χ0v) is 14.8. The minimum atomic E-state index is -0.518. The van der Waals surface area contributed by atoms with Gasteiger partial charge >= 0.3 is 5.97 Å². The van der Waals surface area contributed by atoms with Crippen LogP contribution in [-0.4, -0.2) is 5.97 Å². The van der Waals surface area contributed by atoms with Crippen LogP contribution in [0.1, 0.15) is 11.1 Å². The highest BCUT2D eigenvalue weighted by Crippen LogP contribution is 2.36. The van der Waals surface area contributed by atoms with Gasteiger partial charge in [-0.25, -0.2) is 14.9 Å². The normalized spacial score (nSPS) is 14.0. The van der Waals surface area contributed by atoms with Crippen molar-refractivity contribution < 1.29 is 14.3 Å². The fraction of sp³-hybridized carbons (Fsp3) is 0. The van der Waals surface area contributed by atoms with E-state index in [1.165, 1.54) is 0 Å². The lowest BCUT2D eigenvalue weighted by Gasteiger charge is -2.18. The van der Waals surface area contributed by atoms with Gasteiger partial charge in [0.1, 0.15) is 17.3 Å². The molecule has 134 valence electrons. The van der Waals surface area contributed by atoms with E-state index in [0.29, 0.717) is 28.4 Å². The Bertz CT molecular complexity index is 1090. The number of carbonyl (C=O) groups is 1. The maximum absolute atomic E-state index is 11.2. The maximum atomic E-state index is 11.2. The molecule has 2 aromatic rings. The van der Waals surface area contributed by atoms with Gasteiger partial charge in [0, 0.05) is 17.2 Å². The van der Waals surface area contributed by atoms with Crippen LogP contribution in [0.25, 0.3) is 16.5 Å². The minimum absolute atomic E-state index is 0.00929. The molecule has 0 fully saturated rings. The number of fused-ring (bicyclic) bond motifs is 1. The molecule has 0 saturated carbocycles. The predicted octanol–water partition coefficient (Wildman–Crippen LogP) is 4.92. The summed E-state index contributed by atoms with van der Waals surface area (Å²) in [4.78, 5) is 14.5. The van der Waals surface area contributed by atoms with Crippen LogP contribution >= 0.6 is 0 Å². The van der Waals surface area contributed by atoms with E-state index >= 15 is 0 Å². The molecule has 2 aromatic carbocycles. The lowest BCUT2D eigenvalue weighted by atomic mass is 9.99. The summed E-state index contributed by atoms with van der Waals surface area (Å²) >= 11 is 0. The summed E-state index contributed by atoms with van der Waals surface area (Å²) in [7, 11) is 0. The first kappa shape index (κ1) is 18.4. The van der Waals surface area contributed by atoms with Crippen molar-refractivity contribution in [1.29, 1.82) is 5.26 Å². The molecule has 5 heteroatoms. The number of hydrogen-bond acceptors (Lipinski definition) is 4. The van der Waals surface area contributed by atoms with Crippen molar-refractivity contribution in [1.82, 2.24) is 0 Å². The van der Waals surface area contributed by atoms with Crippen LogP contribution in [0.2, 0.25) is 0 Å². The molecule has 0 bridgehead atoms. The third-order valence-electron chi connectivity index (χ3n) is 3.87. The van der Waals surface area contributed by atoms with E-state index in [0.717, 1.165) is 11.6 Å². The highest BCUT2D eigenvalue weighted by molar-refractivity contribution is 5.86. The van der Waals surface area contributed by atoms with Gasteiger partial charge < -0.3 is 9.47 Å². The van der Waals surface area contributed by atoms with Gasteiger partial charge in [0.25, 0.3) is 5.70 Å². The van der Waals surface area contributed by atoms with Crippen LogP contribution in [0.3, 0.4) is 0 Å². The van der Waals surface area contributed by atoms with Crippen molar-refractivity contribution in [3.63, 3.8) is 0 Å². The Morgan fingerprint density at radius 2 is 1.93 bits per heavy atom. The Hall–Kier alpha value is -4.35. The average Bonchev–Trinajstić information content (AvgIpc) is 2.74. The largest absolute Gasteiger partial charge is 0.457 e. The topological polar surface area (TPSA) is 63.7 Å². The molecule has 0 amide bonds. The second kappa shape index (κ2) is 8.35. The Balaban J connectivity index is 1.87. The highest BCUT2D eigenvalue weighted by Gasteiger charge is 2.18. The molecule has 0 N–H and O–H groups in total. The molecular formula is C23H14N2O3. The Morgan fingerprint density at radius 3 is 2.61 bits per heavy atom. The number of rotatable bonds is 4. The molecule has 28 heavy (non-hydrogen) atoms. The molecule has 0 radical (unpaired) electrons. The molecule has 0 aromatic heterocycles. The van der Waals surface area contributed by atoms with Gasteiger partial charge in [-0.05, 0) is 35.9 Å². The van der Waals surface area contributed by atoms with E-state index in [1.807, 2.05) is 30.3 Å². The molecule has 1 aliphatic heterocycles. The third-order valence-corrected chi connectivity index (χ3v) is 3.87. The molecule has 0 saturated heterocycles. The van der Waals surface area contributed by atoms with Gasteiger partial charge in [0.05, 0.1) is 12.6 Å². The molecular weight excluding hydrogens is 352 g/mol. The zero-order valence-electron chi connectivity index (χ0n) is 14.8. The van der Waals surface area contributed by atoms with Gasteiger partial charge in [-0.2, -0.15) is 0 Å². The Morgan fingerprint density at radius 1 is 1.18 bits per heavy atom. The highest BCUT2D eigenvalue weighted by atomic mass is 16.5. The van der Waals surface area contributed by atoms with E-state index in [1.54, 1.807) is 42.5 Å². The van der Waals surface area contributed by atoms with Crippen LogP contribution in [0, 0.1) is 17.9 Å². The SMILES string of the molecule is [C-]#[N+]/C(C#N)=C1C=C(/C=C/c2ccc(OC(=O)C=C)cc2)Oc2ccccc2/1. The standard InChI is InChI=1S/C23H14N2O3/c1-3-23(26)28-17-11-8-16(9-12-17)10-13-18-14-20(21(15-24)25-2)19-6-4-5-7-22(19)27-18/h3-14H,1H2/b13-10+,21-20-. The third kappa shape index (κ3) is 4.07. The lowest BCUT2D eigenvalue weighted by Crippen LogP contribution is -2.03. The molecule has 1 aliphatic rings. The molecule has 0 aliphatic carbocycles. The van der Waals surface area contributed by atoms with Crippen molar-refractivity contribution in [3.8, 4) is 17.6 Å². The number of allylic oxidation sites excluding steroid dienone is 4. The molecule has 5 nitrogen and oxygen atoms in total. The number of carbonyl (C=O) groups excluding carboxylic acids is 1. The second-order valence-corrected chi connectivity index (χ2v) is 5.66. The fourth-order valence-corrected chi connectivity index (χ4v) is 2.56.